The van der Waals surface area contributed by atoms with Gasteiger partial charge in [-0.15, -0.1) is 0 Å². The molecule has 3 amide bonds. The highest BCUT2D eigenvalue weighted by molar-refractivity contribution is 6.31. The number of rotatable bonds is 2. The number of amides is 3. The molecule has 1 heterocycles. The number of fused-ring (bicyclic) bond motifs is 1. The van der Waals surface area contributed by atoms with Gasteiger partial charge >= 0.3 is 6.03 Å². The zero-order chi connectivity index (χ0) is 15.7. The Morgan fingerprint density at radius 3 is 2.55 bits per heavy atom. The van der Waals surface area contributed by atoms with E-state index in [4.69, 9.17) is 11.6 Å². The first-order valence-electron chi connectivity index (χ1n) is 6.47. The maximum Gasteiger partial charge on any atom is 0.323 e. The van der Waals surface area contributed by atoms with Crippen molar-refractivity contribution >= 4 is 40.6 Å². The van der Waals surface area contributed by atoms with Gasteiger partial charge in [0.05, 0.1) is 11.4 Å². The fourth-order valence-corrected chi connectivity index (χ4v) is 2.34. The highest BCUT2D eigenvalue weighted by Gasteiger charge is 2.17. The molecule has 0 radical (unpaired) electrons. The Kier molecular flexibility index (Phi) is 3.68. The topological polar surface area (TPSA) is 70.2 Å². The summed E-state index contributed by atoms with van der Waals surface area (Å²) in [6.45, 7) is 0. The van der Waals surface area contributed by atoms with Gasteiger partial charge in [0, 0.05) is 17.1 Å². The molecule has 7 heteroatoms. The Morgan fingerprint density at radius 2 is 1.82 bits per heavy atom. The Labute approximate surface area is 130 Å². The van der Waals surface area contributed by atoms with Crippen molar-refractivity contribution in [3.8, 4) is 0 Å². The molecule has 0 saturated carbocycles. The van der Waals surface area contributed by atoms with Crippen molar-refractivity contribution in [2.24, 2.45) is 0 Å². The summed E-state index contributed by atoms with van der Waals surface area (Å²) in [6.07, 6.45) is 0.343. The molecule has 0 bridgehead atoms. The first kappa shape index (κ1) is 14.3. The molecule has 0 spiro atoms. The maximum absolute atomic E-state index is 13.0. The SMILES string of the molecule is O=C1Cc2ccc(NC(=O)Nc3ccc(F)c(Cl)c3)cc2N1. The molecular formula is C15H11ClFN3O2. The summed E-state index contributed by atoms with van der Waals surface area (Å²) in [5.74, 6) is -0.625. The second-order valence-corrected chi connectivity index (χ2v) is 5.21. The van der Waals surface area contributed by atoms with E-state index >= 15 is 0 Å². The lowest BCUT2D eigenvalue weighted by Crippen LogP contribution is -2.19. The zero-order valence-electron chi connectivity index (χ0n) is 11.2. The van der Waals surface area contributed by atoms with Crippen LogP contribution in [0.4, 0.5) is 26.2 Å². The third kappa shape index (κ3) is 3.01. The van der Waals surface area contributed by atoms with Gasteiger partial charge < -0.3 is 16.0 Å². The van der Waals surface area contributed by atoms with Crippen molar-refractivity contribution in [3.63, 3.8) is 0 Å². The number of hydrogen-bond donors (Lipinski definition) is 3. The lowest BCUT2D eigenvalue weighted by atomic mass is 10.1. The monoisotopic (exact) mass is 319 g/mol. The standard InChI is InChI=1S/C15H11ClFN3O2/c16-11-6-9(3-4-12(11)17)18-15(22)19-10-2-1-8-5-14(21)20-13(8)7-10/h1-4,6-7H,5H2,(H,20,21)(H2,18,19,22). The van der Waals surface area contributed by atoms with Crippen LogP contribution in [0.3, 0.4) is 0 Å². The molecule has 2 aromatic rings. The average molecular weight is 320 g/mol. The van der Waals surface area contributed by atoms with E-state index in [-0.39, 0.29) is 10.9 Å². The lowest BCUT2D eigenvalue weighted by Gasteiger charge is -2.09. The van der Waals surface area contributed by atoms with E-state index in [2.05, 4.69) is 16.0 Å². The zero-order valence-corrected chi connectivity index (χ0v) is 12.0. The third-order valence-corrected chi connectivity index (χ3v) is 3.46. The normalized spacial score (nSPS) is 12.5. The van der Waals surface area contributed by atoms with Crippen LogP contribution in [0.25, 0.3) is 0 Å². The van der Waals surface area contributed by atoms with Crippen LogP contribution in [0.2, 0.25) is 5.02 Å². The maximum atomic E-state index is 13.0. The second-order valence-electron chi connectivity index (χ2n) is 4.80. The summed E-state index contributed by atoms with van der Waals surface area (Å²) >= 11 is 5.65. The summed E-state index contributed by atoms with van der Waals surface area (Å²) in [5, 5.41) is 7.81. The predicted octanol–water partition coefficient (Wildman–Crippen LogP) is 3.62. The van der Waals surface area contributed by atoms with E-state index in [0.717, 1.165) is 5.56 Å². The number of anilines is 3. The van der Waals surface area contributed by atoms with Gasteiger partial charge in [0.15, 0.2) is 0 Å². The number of nitrogens with one attached hydrogen (secondary N) is 3. The molecule has 1 aliphatic rings. The van der Waals surface area contributed by atoms with Crippen LogP contribution < -0.4 is 16.0 Å². The summed E-state index contributed by atoms with van der Waals surface area (Å²) in [7, 11) is 0. The second kappa shape index (κ2) is 5.65. The molecule has 0 aromatic heterocycles. The molecule has 112 valence electrons. The molecule has 2 aromatic carbocycles. The van der Waals surface area contributed by atoms with Gasteiger partial charge in [-0.25, -0.2) is 9.18 Å². The molecule has 1 aliphatic heterocycles. The molecule has 3 rings (SSSR count). The Morgan fingerprint density at radius 1 is 1.14 bits per heavy atom. The van der Waals surface area contributed by atoms with Crippen LogP contribution in [0.15, 0.2) is 36.4 Å². The van der Waals surface area contributed by atoms with Gasteiger partial charge in [0.25, 0.3) is 0 Å². The predicted molar refractivity (Wildman–Crippen MR) is 82.8 cm³/mol. The van der Waals surface area contributed by atoms with E-state index in [1.54, 1.807) is 18.2 Å². The average Bonchev–Trinajstić information content (AvgIpc) is 2.82. The van der Waals surface area contributed by atoms with Gasteiger partial charge in [0.2, 0.25) is 5.91 Å². The van der Waals surface area contributed by atoms with Crippen LogP contribution in [-0.2, 0) is 11.2 Å². The van der Waals surface area contributed by atoms with E-state index in [1.165, 1.54) is 18.2 Å². The number of urea groups is 1. The van der Waals surface area contributed by atoms with Crippen LogP contribution in [0.5, 0.6) is 0 Å². The van der Waals surface area contributed by atoms with Crippen molar-refractivity contribution < 1.29 is 14.0 Å². The fraction of sp³-hybridized carbons (Fsp3) is 0.0667. The van der Waals surface area contributed by atoms with E-state index in [1.807, 2.05) is 0 Å². The smallest absolute Gasteiger partial charge is 0.323 e. The van der Waals surface area contributed by atoms with Crippen molar-refractivity contribution in [3.05, 3.63) is 52.8 Å². The number of hydrogen-bond acceptors (Lipinski definition) is 2. The molecule has 0 unspecified atom stereocenters. The Balaban J connectivity index is 1.68. The quantitative estimate of drug-likeness (QED) is 0.791. The molecule has 0 atom stereocenters. The van der Waals surface area contributed by atoms with E-state index in [0.29, 0.717) is 23.5 Å². The lowest BCUT2D eigenvalue weighted by molar-refractivity contribution is -0.115. The summed E-state index contributed by atoms with van der Waals surface area (Å²) in [5.41, 5.74) is 2.49. The minimum atomic E-state index is -0.554. The molecule has 5 nitrogen and oxygen atoms in total. The fourth-order valence-electron chi connectivity index (χ4n) is 2.16. The highest BCUT2D eigenvalue weighted by atomic mass is 35.5. The van der Waals surface area contributed by atoms with Crippen molar-refractivity contribution in [1.29, 1.82) is 0 Å². The first-order chi connectivity index (χ1) is 10.5. The number of benzene rings is 2. The largest absolute Gasteiger partial charge is 0.325 e. The number of carbonyl (C=O) groups excluding carboxylic acids is 2. The molecule has 0 aliphatic carbocycles. The van der Waals surface area contributed by atoms with Gasteiger partial charge in [-0.3, -0.25) is 4.79 Å². The molecule has 0 saturated heterocycles. The summed E-state index contributed by atoms with van der Waals surface area (Å²) in [4.78, 5) is 23.2. The van der Waals surface area contributed by atoms with E-state index < -0.39 is 11.8 Å². The van der Waals surface area contributed by atoms with Gasteiger partial charge in [0.1, 0.15) is 5.82 Å². The van der Waals surface area contributed by atoms with Crippen LogP contribution >= 0.6 is 11.6 Å². The van der Waals surface area contributed by atoms with E-state index in [9.17, 15) is 14.0 Å². The summed E-state index contributed by atoms with van der Waals surface area (Å²) in [6, 6.07) is 8.56. The molecule has 3 N–H and O–H groups in total. The minimum absolute atomic E-state index is 0.0713. The van der Waals surface area contributed by atoms with Crippen LogP contribution in [-0.4, -0.2) is 11.9 Å². The molecule has 0 fully saturated rings. The number of carbonyl (C=O) groups is 2. The van der Waals surface area contributed by atoms with Crippen molar-refractivity contribution in [2.75, 3.05) is 16.0 Å². The van der Waals surface area contributed by atoms with Crippen LogP contribution in [0.1, 0.15) is 5.56 Å². The third-order valence-electron chi connectivity index (χ3n) is 3.17. The minimum Gasteiger partial charge on any atom is -0.325 e. The Hall–Kier alpha value is -2.60. The molecule has 22 heavy (non-hydrogen) atoms. The summed E-state index contributed by atoms with van der Waals surface area (Å²) < 4.78 is 13.0. The first-order valence-corrected chi connectivity index (χ1v) is 6.85. The van der Waals surface area contributed by atoms with Crippen molar-refractivity contribution in [2.45, 2.75) is 6.42 Å². The van der Waals surface area contributed by atoms with Crippen molar-refractivity contribution in [1.82, 2.24) is 0 Å². The van der Waals surface area contributed by atoms with Gasteiger partial charge in [-0.1, -0.05) is 17.7 Å². The Bertz CT molecular complexity index is 779. The molecular weight excluding hydrogens is 309 g/mol. The van der Waals surface area contributed by atoms with Gasteiger partial charge in [-0.05, 0) is 35.9 Å². The van der Waals surface area contributed by atoms with Gasteiger partial charge in [-0.2, -0.15) is 0 Å². The number of halogens is 2. The highest BCUT2D eigenvalue weighted by Crippen LogP contribution is 2.26. The van der Waals surface area contributed by atoms with Crippen LogP contribution in [0, 0.1) is 5.82 Å².